The fourth-order valence-electron chi connectivity index (χ4n) is 6.19. The van der Waals surface area contributed by atoms with Gasteiger partial charge in [0, 0.05) is 48.3 Å². The van der Waals surface area contributed by atoms with Crippen molar-refractivity contribution in [1.82, 2.24) is 19.1 Å². The summed E-state index contributed by atoms with van der Waals surface area (Å²) in [5.74, 6) is -0.235. The van der Waals surface area contributed by atoms with Crippen molar-refractivity contribution in [3.63, 3.8) is 0 Å². The van der Waals surface area contributed by atoms with Gasteiger partial charge in [-0.05, 0) is 66.3 Å². The van der Waals surface area contributed by atoms with Gasteiger partial charge >= 0.3 is 0 Å². The highest BCUT2D eigenvalue weighted by Crippen LogP contribution is 2.35. The number of carbonyl (C=O) groups excluding carboxylic acids is 2. The van der Waals surface area contributed by atoms with Crippen molar-refractivity contribution in [2.45, 2.75) is 42.7 Å². The van der Waals surface area contributed by atoms with Gasteiger partial charge in [0.1, 0.15) is 6.04 Å². The van der Waals surface area contributed by atoms with Crippen LogP contribution in [0.2, 0.25) is 0 Å². The summed E-state index contributed by atoms with van der Waals surface area (Å²) in [6, 6.07) is 14.8. The van der Waals surface area contributed by atoms with Gasteiger partial charge < -0.3 is 14.4 Å². The Labute approximate surface area is 235 Å². The molecule has 0 saturated carbocycles. The first-order valence-corrected chi connectivity index (χ1v) is 15.4. The molecule has 0 spiro atoms. The molecule has 39 heavy (non-hydrogen) atoms. The third kappa shape index (κ3) is 5.15. The molecule has 3 aliphatic rings. The molecule has 11 heteroatoms. The molecule has 2 aromatic carbocycles. The monoisotopic (exact) mass is 612 g/mol. The molecule has 1 aromatic heterocycles. The fraction of sp³-hybridized carbons (Fsp3) is 0.393. The quantitative estimate of drug-likeness (QED) is 0.476. The van der Waals surface area contributed by atoms with Gasteiger partial charge in [-0.25, -0.2) is 8.42 Å². The highest BCUT2D eigenvalue weighted by atomic mass is 79.9. The van der Waals surface area contributed by atoms with Crippen molar-refractivity contribution in [2.75, 3.05) is 26.2 Å². The van der Waals surface area contributed by atoms with Crippen molar-refractivity contribution in [2.24, 2.45) is 5.92 Å². The molecule has 2 amide bonds. The number of hydrogen-bond acceptors (Lipinski definition) is 5. The number of piperidine rings is 2. The zero-order valence-corrected chi connectivity index (χ0v) is 23.7. The summed E-state index contributed by atoms with van der Waals surface area (Å²) in [5.41, 5.74) is 0.951. The summed E-state index contributed by atoms with van der Waals surface area (Å²) in [6.45, 7) is 1.98. The summed E-state index contributed by atoms with van der Waals surface area (Å²) >= 11 is 3.42. The molecule has 204 valence electrons. The number of likely N-dealkylation sites (tertiary alicyclic amines) is 2. The Morgan fingerprint density at radius 2 is 1.79 bits per heavy atom. The molecule has 3 aromatic rings. The molecular weight excluding hydrogens is 584 g/mol. The van der Waals surface area contributed by atoms with Crippen LogP contribution in [0.5, 0.6) is 0 Å². The van der Waals surface area contributed by atoms with Gasteiger partial charge in [-0.1, -0.05) is 34.1 Å². The number of fused-ring (bicyclic) bond motifs is 5. The average Bonchev–Trinajstić information content (AvgIpc) is 2.91. The van der Waals surface area contributed by atoms with E-state index in [2.05, 4.69) is 20.7 Å². The summed E-state index contributed by atoms with van der Waals surface area (Å²) in [4.78, 5) is 42.2. The fourth-order valence-corrected chi connectivity index (χ4v) is 7.82. The lowest BCUT2D eigenvalue weighted by Crippen LogP contribution is -2.56. The molecule has 9 nitrogen and oxygen atoms in total. The molecule has 3 aliphatic heterocycles. The minimum absolute atomic E-state index is 0.00820. The Morgan fingerprint density at radius 1 is 1.00 bits per heavy atom. The molecule has 2 saturated heterocycles. The summed E-state index contributed by atoms with van der Waals surface area (Å²) < 4.78 is 31.7. The van der Waals surface area contributed by atoms with E-state index in [1.165, 1.54) is 11.0 Å². The second kappa shape index (κ2) is 10.2. The lowest BCUT2D eigenvalue weighted by Gasteiger charge is -2.43. The molecule has 3 atom stereocenters. The molecular formula is C28H29BrN4O5S. The maximum absolute atomic E-state index is 13.3. The van der Waals surface area contributed by atoms with Crippen LogP contribution in [0.25, 0.3) is 10.8 Å². The molecule has 4 heterocycles. The summed E-state index contributed by atoms with van der Waals surface area (Å²) in [7, 11) is -3.94. The zero-order chi connectivity index (χ0) is 27.3. The highest BCUT2D eigenvalue weighted by Gasteiger charge is 2.38. The van der Waals surface area contributed by atoms with Gasteiger partial charge in [-0.2, -0.15) is 4.72 Å². The third-order valence-corrected chi connectivity index (χ3v) is 10.0. The van der Waals surface area contributed by atoms with E-state index in [1.54, 1.807) is 29.2 Å². The summed E-state index contributed by atoms with van der Waals surface area (Å²) in [6.07, 6.45) is 1.91. The first-order chi connectivity index (χ1) is 18.7. The topological polar surface area (TPSA) is 109 Å². The summed E-state index contributed by atoms with van der Waals surface area (Å²) in [5, 5.41) is 1.68. The van der Waals surface area contributed by atoms with Crippen molar-refractivity contribution in [3.8, 4) is 0 Å². The number of pyridine rings is 1. The number of aromatic nitrogens is 1. The van der Waals surface area contributed by atoms with E-state index in [1.807, 2.05) is 28.8 Å². The van der Waals surface area contributed by atoms with Crippen LogP contribution < -0.4 is 10.3 Å². The number of sulfonamides is 1. The van der Waals surface area contributed by atoms with Crippen LogP contribution in [-0.4, -0.2) is 66.8 Å². The first kappa shape index (κ1) is 26.2. The van der Waals surface area contributed by atoms with Crippen LogP contribution in [-0.2, 0) is 26.2 Å². The van der Waals surface area contributed by atoms with Crippen LogP contribution in [0.15, 0.2) is 68.8 Å². The molecule has 2 bridgehead atoms. The Balaban J connectivity index is 1.13. The van der Waals surface area contributed by atoms with E-state index in [9.17, 15) is 22.8 Å². The average molecular weight is 614 g/mol. The molecule has 2 fully saturated rings. The van der Waals surface area contributed by atoms with Gasteiger partial charge in [-0.15, -0.1) is 0 Å². The second-order valence-electron chi connectivity index (χ2n) is 10.7. The third-order valence-electron chi connectivity index (χ3n) is 8.07. The predicted molar refractivity (Wildman–Crippen MR) is 150 cm³/mol. The molecule has 2 unspecified atom stereocenters. The van der Waals surface area contributed by atoms with Crippen molar-refractivity contribution in [1.29, 1.82) is 0 Å². The Bertz CT molecular complexity index is 1640. The van der Waals surface area contributed by atoms with Crippen molar-refractivity contribution < 1.29 is 18.0 Å². The van der Waals surface area contributed by atoms with Gasteiger partial charge in [0.25, 0.3) is 5.56 Å². The standard InChI is InChI=1S/C28H29BrN4O5S/c29-22-8-6-20-13-23(9-7-19(20)12-22)39(37,38)30-24-3-2-10-31(28(24)36)17-27(35)32-14-18-11-21(16-32)25-4-1-5-26(34)33(25)15-18/h1,4-9,12-13,18,21,24,30H,2-3,10-11,14-17H2/t18?,21?,24-/m0/s1. The molecule has 0 aliphatic carbocycles. The lowest BCUT2D eigenvalue weighted by molar-refractivity contribution is -0.144. The second-order valence-corrected chi connectivity index (χ2v) is 13.4. The van der Waals surface area contributed by atoms with Crippen molar-refractivity contribution in [3.05, 3.63) is 75.1 Å². The van der Waals surface area contributed by atoms with E-state index in [4.69, 9.17) is 0 Å². The number of amides is 2. The largest absolute Gasteiger partial charge is 0.340 e. The van der Waals surface area contributed by atoms with E-state index >= 15 is 0 Å². The van der Waals surface area contributed by atoms with E-state index in [0.29, 0.717) is 39.0 Å². The minimum atomic E-state index is -3.94. The Kier molecular flexibility index (Phi) is 6.84. The maximum Gasteiger partial charge on any atom is 0.250 e. The van der Waals surface area contributed by atoms with E-state index in [-0.39, 0.29) is 40.6 Å². The van der Waals surface area contributed by atoms with Gasteiger partial charge in [0.05, 0.1) is 11.4 Å². The van der Waals surface area contributed by atoms with Crippen LogP contribution in [0.4, 0.5) is 0 Å². The van der Waals surface area contributed by atoms with Crippen LogP contribution in [0.1, 0.15) is 30.9 Å². The lowest BCUT2D eigenvalue weighted by atomic mass is 9.83. The van der Waals surface area contributed by atoms with E-state index in [0.717, 1.165) is 27.4 Å². The number of halogens is 1. The zero-order valence-electron chi connectivity index (χ0n) is 21.3. The number of hydrogen-bond donors (Lipinski definition) is 1. The molecule has 1 N–H and O–H groups in total. The molecule has 0 radical (unpaired) electrons. The Hall–Kier alpha value is -3.02. The van der Waals surface area contributed by atoms with Gasteiger partial charge in [-0.3, -0.25) is 14.4 Å². The number of carbonyl (C=O) groups is 2. The maximum atomic E-state index is 13.3. The van der Waals surface area contributed by atoms with E-state index < -0.39 is 16.1 Å². The van der Waals surface area contributed by atoms with Crippen LogP contribution in [0, 0.1) is 5.92 Å². The normalized spacial score (nSPS) is 23.1. The number of nitrogens with one attached hydrogen (secondary N) is 1. The van der Waals surface area contributed by atoms with Crippen LogP contribution in [0.3, 0.4) is 0 Å². The predicted octanol–water partition coefficient (Wildman–Crippen LogP) is 2.68. The van der Waals surface area contributed by atoms with Gasteiger partial charge in [0.15, 0.2) is 0 Å². The number of nitrogens with zero attached hydrogens (tertiary/aromatic N) is 3. The number of benzene rings is 2. The van der Waals surface area contributed by atoms with Crippen LogP contribution >= 0.6 is 15.9 Å². The molecule has 6 rings (SSSR count). The minimum Gasteiger partial charge on any atom is -0.340 e. The van der Waals surface area contributed by atoms with Gasteiger partial charge in [0.2, 0.25) is 21.8 Å². The SMILES string of the molecule is O=C(CN1CCC[C@H](NS(=O)(=O)c2ccc3cc(Br)ccc3c2)C1=O)N1CC2CC(C1)c1cccc(=O)n1C2. The van der Waals surface area contributed by atoms with Crippen molar-refractivity contribution >= 4 is 48.5 Å². The highest BCUT2D eigenvalue weighted by molar-refractivity contribution is 9.10. The smallest absolute Gasteiger partial charge is 0.250 e. The Morgan fingerprint density at radius 3 is 2.64 bits per heavy atom. The first-order valence-electron chi connectivity index (χ1n) is 13.2. The number of rotatable bonds is 5.